The third-order valence-corrected chi connectivity index (χ3v) is 3.15. The molecule has 0 spiro atoms. The number of likely N-dealkylation sites (N-methyl/N-ethyl adjacent to an activating group) is 1. The van der Waals surface area contributed by atoms with Crippen LogP contribution < -0.4 is 5.32 Å². The van der Waals surface area contributed by atoms with Gasteiger partial charge in [-0.2, -0.15) is 0 Å². The monoisotopic (exact) mass is 183 g/mol. The molecule has 2 heterocycles. The van der Waals surface area contributed by atoms with Crippen molar-refractivity contribution in [2.24, 2.45) is 0 Å². The molecule has 0 aromatic carbocycles. The van der Waals surface area contributed by atoms with E-state index in [1.54, 1.807) is 0 Å². The van der Waals surface area contributed by atoms with Crippen molar-refractivity contribution < 1.29 is 4.79 Å². The van der Waals surface area contributed by atoms with Crippen LogP contribution in [-0.2, 0) is 4.79 Å². The molecule has 2 saturated heterocycles. The smallest absolute Gasteiger partial charge is 0.240 e. The van der Waals surface area contributed by atoms with Crippen LogP contribution in [0.25, 0.3) is 0 Å². The van der Waals surface area contributed by atoms with E-state index in [1.807, 2.05) is 18.9 Å². The Kier molecular flexibility index (Phi) is 2.26. The van der Waals surface area contributed by atoms with E-state index < -0.39 is 0 Å². The van der Waals surface area contributed by atoms with Crippen molar-refractivity contribution in [3.05, 3.63) is 0 Å². The second kappa shape index (κ2) is 3.27. The summed E-state index contributed by atoms with van der Waals surface area (Å²) in [5.74, 6) is 0.292. The van der Waals surface area contributed by atoms with E-state index in [0.717, 1.165) is 26.2 Å². The van der Waals surface area contributed by atoms with Gasteiger partial charge in [-0.1, -0.05) is 0 Å². The molecule has 74 valence electrons. The zero-order valence-electron chi connectivity index (χ0n) is 8.29. The summed E-state index contributed by atoms with van der Waals surface area (Å²) in [5.41, 5.74) is 0. The Morgan fingerprint density at radius 1 is 1.54 bits per heavy atom. The predicted molar refractivity (Wildman–Crippen MR) is 50.5 cm³/mol. The van der Waals surface area contributed by atoms with Gasteiger partial charge in [0.25, 0.3) is 0 Å². The van der Waals surface area contributed by atoms with Crippen molar-refractivity contribution in [1.82, 2.24) is 15.1 Å². The molecule has 0 bridgehead atoms. The van der Waals surface area contributed by atoms with Gasteiger partial charge in [0.05, 0.1) is 12.1 Å². The molecule has 4 heteroatoms. The lowest BCUT2D eigenvalue weighted by molar-refractivity contribution is -0.145. The Morgan fingerprint density at radius 2 is 2.31 bits per heavy atom. The Bertz CT molecular complexity index is 219. The lowest BCUT2D eigenvalue weighted by atomic mass is 10.1. The molecular formula is C9H17N3O. The summed E-state index contributed by atoms with van der Waals surface area (Å²) in [6.07, 6.45) is 0. The Morgan fingerprint density at radius 3 is 3.08 bits per heavy atom. The summed E-state index contributed by atoms with van der Waals surface area (Å²) in [6.45, 7) is 5.75. The molecular weight excluding hydrogens is 166 g/mol. The fourth-order valence-electron chi connectivity index (χ4n) is 2.13. The second-order valence-electron chi connectivity index (χ2n) is 4.01. The minimum atomic E-state index is 0.0642. The number of hydrogen-bond donors (Lipinski definition) is 1. The van der Waals surface area contributed by atoms with E-state index in [4.69, 9.17) is 0 Å². The number of fused-ring (bicyclic) bond motifs is 1. The molecule has 2 aliphatic rings. The van der Waals surface area contributed by atoms with Gasteiger partial charge in [-0.15, -0.1) is 0 Å². The fourth-order valence-corrected chi connectivity index (χ4v) is 2.13. The molecule has 0 aromatic heterocycles. The van der Waals surface area contributed by atoms with Crippen LogP contribution >= 0.6 is 0 Å². The molecule has 1 N–H and O–H groups in total. The normalized spacial score (nSPS) is 36.2. The van der Waals surface area contributed by atoms with Gasteiger partial charge in [-0.3, -0.25) is 9.69 Å². The quantitative estimate of drug-likeness (QED) is 0.530. The summed E-state index contributed by atoms with van der Waals surface area (Å²) in [7, 11) is 2.02. The van der Waals surface area contributed by atoms with E-state index in [0.29, 0.717) is 11.9 Å². The number of piperazine rings is 2. The van der Waals surface area contributed by atoms with E-state index in [-0.39, 0.29) is 6.04 Å². The highest BCUT2D eigenvalue weighted by Crippen LogP contribution is 2.15. The standard InChI is InChI=1S/C9H17N3O/c1-7-9(13)12-4-3-10-5-8(12)6-11(7)2/h7-8,10H,3-6H2,1-2H3. The third kappa shape index (κ3) is 1.44. The van der Waals surface area contributed by atoms with E-state index in [9.17, 15) is 4.79 Å². The molecule has 0 radical (unpaired) electrons. The topological polar surface area (TPSA) is 35.6 Å². The Hall–Kier alpha value is -0.610. The zero-order chi connectivity index (χ0) is 9.42. The number of hydrogen-bond acceptors (Lipinski definition) is 3. The number of amides is 1. The van der Waals surface area contributed by atoms with Gasteiger partial charge in [-0.05, 0) is 14.0 Å². The van der Waals surface area contributed by atoms with Gasteiger partial charge in [0, 0.05) is 26.2 Å². The van der Waals surface area contributed by atoms with Gasteiger partial charge >= 0.3 is 0 Å². The highest BCUT2D eigenvalue weighted by atomic mass is 16.2. The van der Waals surface area contributed by atoms with Crippen LogP contribution in [-0.4, -0.2) is 61.0 Å². The minimum Gasteiger partial charge on any atom is -0.335 e. The maximum atomic E-state index is 11.8. The summed E-state index contributed by atoms with van der Waals surface area (Å²) < 4.78 is 0. The zero-order valence-corrected chi connectivity index (χ0v) is 8.29. The predicted octanol–water partition coefficient (Wildman–Crippen LogP) is -0.879. The van der Waals surface area contributed by atoms with Crippen molar-refractivity contribution in [3.8, 4) is 0 Å². The first-order valence-corrected chi connectivity index (χ1v) is 4.91. The number of nitrogens with one attached hydrogen (secondary N) is 1. The molecule has 0 aromatic rings. The molecule has 4 nitrogen and oxygen atoms in total. The van der Waals surface area contributed by atoms with Gasteiger partial charge in [0.1, 0.15) is 0 Å². The van der Waals surface area contributed by atoms with Crippen LogP contribution in [0.5, 0.6) is 0 Å². The Balaban J connectivity index is 2.12. The number of nitrogens with zero attached hydrogens (tertiary/aromatic N) is 2. The molecule has 2 rings (SSSR count). The van der Waals surface area contributed by atoms with Crippen molar-refractivity contribution in [2.45, 2.75) is 19.0 Å². The number of rotatable bonds is 0. The number of carbonyl (C=O) groups excluding carboxylic acids is 1. The third-order valence-electron chi connectivity index (χ3n) is 3.15. The molecule has 2 fully saturated rings. The molecule has 2 aliphatic heterocycles. The lowest BCUT2D eigenvalue weighted by Crippen LogP contribution is -2.65. The van der Waals surface area contributed by atoms with Gasteiger partial charge < -0.3 is 10.2 Å². The highest BCUT2D eigenvalue weighted by Gasteiger charge is 2.36. The largest absolute Gasteiger partial charge is 0.335 e. The van der Waals surface area contributed by atoms with Crippen LogP contribution in [0.4, 0.5) is 0 Å². The minimum absolute atomic E-state index is 0.0642. The van der Waals surface area contributed by atoms with Crippen LogP contribution in [0.3, 0.4) is 0 Å². The van der Waals surface area contributed by atoms with Crippen molar-refractivity contribution in [3.63, 3.8) is 0 Å². The van der Waals surface area contributed by atoms with Crippen LogP contribution in [0, 0.1) is 0 Å². The second-order valence-corrected chi connectivity index (χ2v) is 4.01. The summed E-state index contributed by atoms with van der Waals surface area (Å²) >= 11 is 0. The van der Waals surface area contributed by atoms with Crippen LogP contribution in [0.2, 0.25) is 0 Å². The SMILES string of the molecule is CC1C(=O)N2CCNCC2CN1C. The average Bonchev–Trinajstić information content (AvgIpc) is 2.15. The van der Waals surface area contributed by atoms with Gasteiger partial charge in [-0.25, -0.2) is 0 Å². The highest BCUT2D eigenvalue weighted by molar-refractivity contribution is 5.82. The molecule has 0 saturated carbocycles. The fraction of sp³-hybridized carbons (Fsp3) is 0.889. The van der Waals surface area contributed by atoms with Crippen molar-refractivity contribution in [1.29, 1.82) is 0 Å². The lowest BCUT2D eigenvalue weighted by Gasteiger charge is -2.45. The first-order chi connectivity index (χ1) is 6.20. The number of carbonyl (C=O) groups is 1. The first kappa shape index (κ1) is 8.97. The molecule has 0 aliphatic carbocycles. The van der Waals surface area contributed by atoms with Gasteiger partial charge in [0.2, 0.25) is 5.91 Å². The van der Waals surface area contributed by atoms with Gasteiger partial charge in [0.15, 0.2) is 0 Å². The summed E-state index contributed by atoms with van der Waals surface area (Å²) in [6, 6.07) is 0.455. The van der Waals surface area contributed by atoms with Crippen molar-refractivity contribution >= 4 is 5.91 Å². The van der Waals surface area contributed by atoms with E-state index in [1.165, 1.54) is 0 Å². The summed E-state index contributed by atoms with van der Waals surface area (Å²) in [5, 5.41) is 3.32. The average molecular weight is 183 g/mol. The maximum absolute atomic E-state index is 11.8. The van der Waals surface area contributed by atoms with E-state index >= 15 is 0 Å². The molecule has 1 amide bonds. The molecule has 13 heavy (non-hydrogen) atoms. The van der Waals surface area contributed by atoms with Crippen LogP contribution in [0.1, 0.15) is 6.92 Å². The first-order valence-electron chi connectivity index (χ1n) is 4.91. The maximum Gasteiger partial charge on any atom is 0.240 e. The molecule has 2 unspecified atom stereocenters. The Labute approximate surface area is 78.9 Å². The summed E-state index contributed by atoms with van der Waals surface area (Å²) in [4.78, 5) is 16.0. The van der Waals surface area contributed by atoms with Crippen molar-refractivity contribution in [2.75, 3.05) is 33.2 Å². The van der Waals surface area contributed by atoms with Crippen LogP contribution in [0.15, 0.2) is 0 Å². The van der Waals surface area contributed by atoms with E-state index in [2.05, 4.69) is 10.2 Å². The molecule has 2 atom stereocenters.